The molecule has 0 N–H and O–H groups in total. The van der Waals surface area contributed by atoms with Gasteiger partial charge in [-0.25, -0.2) is 0 Å². The number of rotatable bonds is 4. The molecule has 2 nitrogen and oxygen atoms in total. The lowest BCUT2D eigenvalue weighted by atomic mass is 10.1. The molecule has 3 rings (SSSR count). The minimum atomic E-state index is 0.353. The number of hydrogen-bond donors (Lipinski definition) is 0. The van der Waals surface area contributed by atoms with Crippen molar-refractivity contribution < 1.29 is 4.74 Å². The third kappa shape index (κ3) is 3.03. The molecule has 22 heavy (non-hydrogen) atoms. The van der Waals surface area contributed by atoms with Gasteiger partial charge in [-0.3, -0.25) is 4.98 Å². The maximum absolute atomic E-state index is 6.12. The van der Waals surface area contributed by atoms with E-state index < -0.39 is 0 Å². The molecule has 0 aliphatic heterocycles. The van der Waals surface area contributed by atoms with Crippen molar-refractivity contribution in [3.63, 3.8) is 0 Å². The predicted molar refractivity (Wildman–Crippen MR) is 91.8 cm³/mol. The van der Waals surface area contributed by atoms with Crippen molar-refractivity contribution in [1.82, 2.24) is 4.98 Å². The first kappa shape index (κ1) is 15.1. The minimum absolute atomic E-state index is 0.353. The zero-order valence-corrected chi connectivity index (χ0v) is 13.7. The second-order valence-corrected chi connectivity index (χ2v) is 5.79. The Morgan fingerprint density at radius 3 is 2.59 bits per heavy atom. The number of nitrogens with zero attached hydrogens (tertiary/aromatic N) is 1. The zero-order chi connectivity index (χ0) is 15.5. The van der Waals surface area contributed by atoms with Crippen molar-refractivity contribution in [2.24, 2.45) is 0 Å². The normalized spacial score (nSPS) is 10.9. The van der Waals surface area contributed by atoms with Gasteiger partial charge in [0.25, 0.3) is 0 Å². The number of fused-ring (bicyclic) bond motifs is 1. The molecule has 0 radical (unpaired) electrons. The fourth-order valence-corrected chi connectivity index (χ4v) is 2.83. The molecule has 3 aromatic rings. The van der Waals surface area contributed by atoms with Crippen molar-refractivity contribution in [2.75, 3.05) is 0 Å². The van der Waals surface area contributed by atoms with Crippen LogP contribution in [0.1, 0.15) is 16.8 Å². The van der Waals surface area contributed by atoms with Crippen LogP contribution in [0.15, 0.2) is 48.5 Å². The summed E-state index contributed by atoms with van der Waals surface area (Å²) in [5.41, 5.74) is 3.75. The van der Waals surface area contributed by atoms with Gasteiger partial charge in [-0.15, -0.1) is 11.6 Å². The summed E-state index contributed by atoms with van der Waals surface area (Å²) >= 11 is 12.1. The van der Waals surface area contributed by atoms with Gasteiger partial charge in [-0.2, -0.15) is 0 Å². The number of benzene rings is 2. The molecule has 0 aliphatic carbocycles. The Hall–Kier alpha value is -1.77. The fraction of sp³-hybridized carbons (Fsp3) is 0.167. The topological polar surface area (TPSA) is 22.1 Å². The maximum Gasteiger partial charge on any atom is 0.134 e. The van der Waals surface area contributed by atoms with Gasteiger partial charge in [0.15, 0.2) is 0 Å². The van der Waals surface area contributed by atoms with Crippen LogP contribution in [0.3, 0.4) is 0 Å². The van der Waals surface area contributed by atoms with Crippen LogP contribution in [0, 0.1) is 6.92 Å². The molecule has 0 atom stereocenters. The van der Waals surface area contributed by atoms with Crippen molar-refractivity contribution in [3.8, 4) is 5.75 Å². The lowest BCUT2D eigenvalue weighted by molar-refractivity contribution is 0.307. The largest absolute Gasteiger partial charge is 0.488 e. The summed E-state index contributed by atoms with van der Waals surface area (Å²) < 4.78 is 6.08. The molecule has 112 valence electrons. The van der Waals surface area contributed by atoms with Crippen LogP contribution >= 0.6 is 23.2 Å². The number of hydrogen-bond acceptors (Lipinski definition) is 2. The Morgan fingerprint density at radius 2 is 1.86 bits per heavy atom. The molecule has 0 aliphatic rings. The molecule has 1 aromatic heterocycles. The lowest BCUT2D eigenvalue weighted by Gasteiger charge is -2.15. The van der Waals surface area contributed by atoms with Gasteiger partial charge in [0, 0.05) is 16.0 Å². The highest BCUT2D eigenvalue weighted by Crippen LogP contribution is 2.33. The van der Waals surface area contributed by atoms with E-state index in [0.29, 0.717) is 17.5 Å². The molecular formula is C18H15Cl2NO. The quantitative estimate of drug-likeness (QED) is 0.587. The molecule has 4 heteroatoms. The van der Waals surface area contributed by atoms with Gasteiger partial charge in [-0.05, 0) is 30.7 Å². The average Bonchev–Trinajstić information content (AvgIpc) is 2.54. The van der Waals surface area contributed by atoms with E-state index in [1.54, 1.807) is 0 Å². The van der Waals surface area contributed by atoms with Crippen molar-refractivity contribution in [1.29, 1.82) is 0 Å². The summed E-state index contributed by atoms with van der Waals surface area (Å²) in [7, 11) is 0. The highest BCUT2D eigenvalue weighted by molar-refractivity contribution is 6.31. The Bertz CT molecular complexity index is 803. The molecule has 0 fully saturated rings. The van der Waals surface area contributed by atoms with E-state index in [9.17, 15) is 0 Å². The first-order chi connectivity index (χ1) is 10.7. The number of alkyl halides is 1. The number of pyridine rings is 1. The summed E-state index contributed by atoms with van der Waals surface area (Å²) in [5.74, 6) is 1.15. The predicted octanol–water partition coefficient (Wildman–Crippen LogP) is 5.51. The van der Waals surface area contributed by atoms with E-state index in [1.165, 1.54) is 0 Å². The van der Waals surface area contributed by atoms with Crippen LogP contribution in [0.2, 0.25) is 5.02 Å². The van der Waals surface area contributed by atoms with Crippen LogP contribution in [0.25, 0.3) is 10.9 Å². The fourth-order valence-electron chi connectivity index (χ4n) is 2.40. The summed E-state index contributed by atoms with van der Waals surface area (Å²) in [4.78, 5) is 4.58. The summed E-state index contributed by atoms with van der Waals surface area (Å²) in [6.07, 6.45) is 0. The molecule has 0 amide bonds. The highest BCUT2D eigenvalue weighted by atomic mass is 35.5. The number of ether oxygens (including phenoxy) is 1. The smallest absolute Gasteiger partial charge is 0.134 e. The van der Waals surface area contributed by atoms with E-state index in [-0.39, 0.29) is 0 Å². The molecule has 1 heterocycles. The van der Waals surface area contributed by atoms with Crippen LogP contribution in [-0.2, 0) is 12.5 Å². The second kappa shape index (κ2) is 6.55. The first-order valence-corrected chi connectivity index (χ1v) is 7.91. The summed E-state index contributed by atoms with van der Waals surface area (Å²) in [6.45, 7) is 2.47. The highest BCUT2D eigenvalue weighted by Gasteiger charge is 2.13. The molecular weight excluding hydrogens is 317 g/mol. The van der Waals surface area contributed by atoms with Crippen molar-refractivity contribution in [2.45, 2.75) is 19.4 Å². The third-order valence-electron chi connectivity index (χ3n) is 3.58. The van der Waals surface area contributed by atoms with E-state index in [4.69, 9.17) is 27.9 Å². The number of halogens is 2. The average molecular weight is 332 g/mol. The van der Waals surface area contributed by atoms with Crippen LogP contribution in [-0.4, -0.2) is 4.98 Å². The minimum Gasteiger partial charge on any atom is -0.488 e. The monoisotopic (exact) mass is 331 g/mol. The third-order valence-corrected chi connectivity index (χ3v) is 4.07. The zero-order valence-electron chi connectivity index (χ0n) is 12.1. The lowest BCUT2D eigenvalue weighted by Crippen LogP contribution is -2.02. The molecule has 0 saturated heterocycles. The SMILES string of the molecule is Cc1c(CCl)nc2ccc(Cl)cc2c1OCc1ccccc1. The van der Waals surface area contributed by atoms with Gasteiger partial charge < -0.3 is 4.74 Å². The summed E-state index contributed by atoms with van der Waals surface area (Å²) in [6, 6.07) is 15.7. The van der Waals surface area contributed by atoms with Crippen LogP contribution in [0.5, 0.6) is 5.75 Å². The standard InChI is InChI=1S/C18H15Cl2NO/c1-12-17(10-19)21-16-8-7-14(20)9-15(16)18(12)22-11-13-5-3-2-4-6-13/h2-9H,10-11H2,1H3. The molecule has 0 saturated carbocycles. The molecule has 2 aromatic carbocycles. The molecule has 0 bridgehead atoms. The van der Waals surface area contributed by atoms with E-state index in [0.717, 1.165) is 33.5 Å². The van der Waals surface area contributed by atoms with Gasteiger partial charge in [0.1, 0.15) is 12.4 Å². The van der Waals surface area contributed by atoms with E-state index in [2.05, 4.69) is 4.98 Å². The molecule has 0 unspecified atom stereocenters. The summed E-state index contributed by atoms with van der Waals surface area (Å²) in [5, 5.41) is 1.58. The van der Waals surface area contributed by atoms with Gasteiger partial charge in [0.2, 0.25) is 0 Å². The Morgan fingerprint density at radius 1 is 1.09 bits per heavy atom. The van der Waals surface area contributed by atoms with Gasteiger partial charge in [0.05, 0.1) is 17.1 Å². The van der Waals surface area contributed by atoms with Gasteiger partial charge >= 0.3 is 0 Å². The van der Waals surface area contributed by atoms with Crippen LogP contribution in [0.4, 0.5) is 0 Å². The Kier molecular flexibility index (Phi) is 4.51. The van der Waals surface area contributed by atoms with E-state index >= 15 is 0 Å². The van der Waals surface area contributed by atoms with Crippen LogP contribution < -0.4 is 4.74 Å². The Balaban J connectivity index is 2.05. The van der Waals surface area contributed by atoms with Crippen molar-refractivity contribution >= 4 is 34.1 Å². The van der Waals surface area contributed by atoms with Crippen molar-refractivity contribution in [3.05, 3.63) is 70.4 Å². The molecule has 0 spiro atoms. The maximum atomic E-state index is 6.12. The Labute approximate surface area is 139 Å². The number of aromatic nitrogens is 1. The first-order valence-electron chi connectivity index (χ1n) is 7.00. The van der Waals surface area contributed by atoms with E-state index in [1.807, 2.05) is 55.5 Å². The second-order valence-electron chi connectivity index (χ2n) is 5.08. The van der Waals surface area contributed by atoms with Gasteiger partial charge in [-0.1, -0.05) is 41.9 Å².